The van der Waals surface area contributed by atoms with Gasteiger partial charge in [0.25, 0.3) is 0 Å². The fraction of sp³-hybridized carbons (Fsp3) is 0.256. The molecule has 8 rings (SSSR count). The molecule has 250 valence electrons. The highest BCUT2D eigenvalue weighted by molar-refractivity contribution is 5.56. The van der Waals surface area contributed by atoms with Gasteiger partial charge in [-0.2, -0.15) is 0 Å². The second-order valence-corrected chi connectivity index (χ2v) is 12.4. The summed E-state index contributed by atoms with van der Waals surface area (Å²) in [7, 11) is 1.67. The summed E-state index contributed by atoms with van der Waals surface area (Å²) in [6.07, 6.45) is -0.0153. The number of benzene rings is 5. The molecule has 6 heteroatoms. The van der Waals surface area contributed by atoms with Crippen LogP contribution in [0.5, 0.6) is 5.75 Å². The number of hydrogen-bond donors (Lipinski definition) is 0. The predicted molar refractivity (Wildman–Crippen MR) is 189 cm³/mol. The zero-order chi connectivity index (χ0) is 33.3. The van der Waals surface area contributed by atoms with Crippen LogP contribution in [0.15, 0.2) is 151 Å². The quantitative estimate of drug-likeness (QED) is 0.120. The predicted octanol–water partition coefficient (Wildman–Crippen LogP) is 8.41. The van der Waals surface area contributed by atoms with Gasteiger partial charge < -0.3 is 28.4 Å². The van der Waals surface area contributed by atoms with E-state index in [1.807, 2.05) is 84.9 Å². The summed E-state index contributed by atoms with van der Waals surface area (Å²) in [5, 5.41) is 0. The number of ether oxygens (including phenoxy) is 6. The van der Waals surface area contributed by atoms with Gasteiger partial charge in [-0.3, -0.25) is 0 Å². The molecule has 0 amide bonds. The van der Waals surface area contributed by atoms with Crippen LogP contribution in [0, 0.1) is 5.92 Å². The second-order valence-electron chi connectivity index (χ2n) is 12.4. The number of hydrogen-bond acceptors (Lipinski definition) is 6. The standard InChI is InChI=1S/C43H42O6/c1-44-36-24-22-35(23-25-36)30-48-43-38-37(26-31-14-6-2-7-15-31)39(45-27-32-16-8-3-9-17-32)42(49-43)41(47-29-34-20-12-5-13-21-34)40(38)46-28-33-18-10-4-11-19-33/h2-26,38-43H,27-30H2,1H3/b37-26-/t38-,39?,40+,41-,42+,43-/m0/s1. The van der Waals surface area contributed by atoms with Crippen LogP contribution in [0.2, 0.25) is 0 Å². The van der Waals surface area contributed by atoms with Crippen LogP contribution in [0.25, 0.3) is 6.08 Å². The van der Waals surface area contributed by atoms with Crippen LogP contribution < -0.4 is 4.74 Å². The van der Waals surface area contributed by atoms with Gasteiger partial charge in [-0.05, 0) is 45.5 Å². The average molecular weight is 655 g/mol. The minimum absolute atomic E-state index is 0.311. The molecule has 2 saturated heterocycles. The van der Waals surface area contributed by atoms with Crippen LogP contribution in [0.1, 0.15) is 27.8 Å². The van der Waals surface area contributed by atoms with E-state index < -0.39 is 18.5 Å². The van der Waals surface area contributed by atoms with Crippen molar-refractivity contribution in [3.8, 4) is 5.75 Å². The molecule has 3 fully saturated rings. The van der Waals surface area contributed by atoms with E-state index in [4.69, 9.17) is 28.4 Å². The molecule has 5 aromatic rings. The van der Waals surface area contributed by atoms with E-state index >= 15 is 0 Å². The van der Waals surface area contributed by atoms with Gasteiger partial charge in [0.2, 0.25) is 0 Å². The van der Waals surface area contributed by atoms with Crippen molar-refractivity contribution in [1.29, 1.82) is 0 Å². The Morgan fingerprint density at radius 2 is 0.980 bits per heavy atom. The molecule has 6 nitrogen and oxygen atoms in total. The van der Waals surface area contributed by atoms with Crippen molar-refractivity contribution in [1.82, 2.24) is 0 Å². The molecule has 3 aliphatic rings. The van der Waals surface area contributed by atoms with Crippen molar-refractivity contribution in [2.24, 2.45) is 5.92 Å². The lowest BCUT2D eigenvalue weighted by Gasteiger charge is -2.55. The minimum atomic E-state index is -0.587. The summed E-state index contributed by atoms with van der Waals surface area (Å²) >= 11 is 0. The first kappa shape index (κ1) is 33.0. The fourth-order valence-corrected chi connectivity index (χ4v) is 6.67. The topological polar surface area (TPSA) is 55.4 Å². The normalized spacial score (nSPS) is 23.8. The molecular formula is C43H42O6. The van der Waals surface area contributed by atoms with E-state index in [1.165, 1.54) is 0 Å². The molecule has 0 aromatic heterocycles. The molecule has 1 aliphatic carbocycles. The molecule has 49 heavy (non-hydrogen) atoms. The van der Waals surface area contributed by atoms with E-state index in [0.717, 1.165) is 39.1 Å². The maximum Gasteiger partial charge on any atom is 0.167 e. The lowest BCUT2D eigenvalue weighted by atomic mass is 9.72. The third kappa shape index (κ3) is 8.19. The summed E-state index contributed by atoms with van der Waals surface area (Å²) in [5.74, 6) is 0.490. The number of methoxy groups -OCH3 is 1. The van der Waals surface area contributed by atoms with E-state index in [9.17, 15) is 0 Å². The van der Waals surface area contributed by atoms with Crippen molar-refractivity contribution in [2.75, 3.05) is 7.11 Å². The third-order valence-corrected chi connectivity index (χ3v) is 9.15. The zero-order valence-electron chi connectivity index (χ0n) is 27.7. The summed E-state index contributed by atoms with van der Waals surface area (Å²) in [4.78, 5) is 0. The fourth-order valence-electron chi connectivity index (χ4n) is 6.67. The molecule has 2 heterocycles. The Morgan fingerprint density at radius 1 is 0.510 bits per heavy atom. The van der Waals surface area contributed by atoms with Gasteiger partial charge >= 0.3 is 0 Å². The first-order chi connectivity index (χ1) is 24.2. The van der Waals surface area contributed by atoms with Crippen molar-refractivity contribution in [3.05, 3.63) is 179 Å². The third-order valence-electron chi connectivity index (χ3n) is 9.15. The van der Waals surface area contributed by atoms with Gasteiger partial charge in [0.05, 0.1) is 45.6 Å². The van der Waals surface area contributed by atoms with E-state index in [0.29, 0.717) is 26.4 Å². The Morgan fingerprint density at radius 3 is 1.53 bits per heavy atom. The van der Waals surface area contributed by atoms with Gasteiger partial charge in [-0.1, -0.05) is 140 Å². The molecule has 0 radical (unpaired) electrons. The smallest absolute Gasteiger partial charge is 0.167 e. The molecule has 0 N–H and O–H groups in total. The van der Waals surface area contributed by atoms with Crippen LogP contribution in [0.3, 0.4) is 0 Å². The minimum Gasteiger partial charge on any atom is -0.497 e. The lowest BCUT2D eigenvalue weighted by molar-refractivity contribution is -0.331. The van der Waals surface area contributed by atoms with E-state index in [1.54, 1.807) is 7.11 Å². The van der Waals surface area contributed by atoms with Gasteiger partial charge in [-0.15, -0.1) is 0 Å². The highest BCUT2D eigenvalue weighted by Gasteiger charge is 2.59. The SMILES string of the molecule is COc1ccc(CO[C@H]2O[C@@H]3C(OCc4ccccc4)/C(=C\c4ccccc4)[C@H]2[C@@H](OCc2ccccc2)[C@@H]3OCc2ccccc2)cc1. The van der Waals surface area contributed by atoms with Crippen LogP contribution in [-0.2, 0) is 50.1 Å². The average Bonchev–Trinajstić information content (AvgIpc) is 3.17. The second kappa shape index (κ2) is 16.2. The monoisotopic (exact) mass is 654 g/mol. The van der Waals surface area contributed by atoms with Crippen molar-refractivity contribution in [3.63, 3.8) is 0 Å². The summed E-state index contributed by atoms with van der Waals surface area (Å²) < 4.78 is 39.4. The summed E-state index contributed by atoms with van der Waals surface area (Å²) in [5.41, 5.74) is 6.45. The Hall–Kier alpha value is -4.56. The number of fused-ring (bicyclic) bond motifs is 3. The Kier molecular flexibility index (Phi) is 10.9. The molecule has 6 atom stereocenters. The number of rotatable bonds is 14. The molecule has 5 aromatic carbocycles. The van der Waals surface area contributed by atoms with E-state index in [-0.39, 0.29) is 18.1 Å². The largest absolute Gasteiger partial charge is 0.497 e. The van der Waals surface area contributed by atoms with Crippen molar-refractivity contribution >= 4 is 6.08 Å². The summed E-state index contributed by atoms with van der Waals surface area (Å²) in [6.45, 7) is 1.65. The van der Waals surface area contributed by atoms with Crippen molar-refractivity contribution < 1.29 is 28.4 Å². The first-order valence-corrected chi connectivity index (χ1v) is 16.9. The van der Waals surface area contributed by atoms with Crippen molar-refractivity contribution in [2.45, 2.75) is 57.1 Å². The maximum absolute atomic E-state index is 6.90. The Labute approximate surface area is 288 Å². The molecule has 0 spiro atoms. The summed E-state index contributed by atoms with van der Waals surface area (Å²) in [6, 6.07) is 49.0. The Bertz CT molecular complexity index is 1740. The van der Waals surface area contributed by atoms with Gasteiger partial charge in [0, 0.05) is 0 Å². The molecule has 1 unspecified atom stereocenters. The first-order valence-electron chi connectivity index (χ1n) is 16.9. The molecular weight excluding hydrogens is 612 g/mol. The van der Waals surface area contributed by atoms with Gasteiger partial charge in [0.15, 0.2) is 6.29 Å². The van der Waals surface area contributed by atoms with E-state index in [2.05, 4.69) is 66.7 Å². The van der Waals surface area contributed by atoms with Crippen LogP contribution in [0.4, 0.5) is 0 Å². The molecule has 2 aliphatic heterocycles. The van der Waals surface area contributed by atoms with Crippen LogP contribution >= 0.6 is 0 Å². The highest BCUT2D eigenvalue weighted by Crippen LogP contribution is 2.47. The van der Waals surface area contributed by atoms with Crippen LogP contribution in [-0.4, -0.2) is 37.8 Å². The zero-order valence-corrected chi connectivity index (χ0v) is 27.7. The Balaban J connectivity index is 1.26. The highest BCUT2D eigenvalue weighted by atomic mass is 16.7. The molecule has 1 saturated carbocycles. The lowest BCUT2D eigenvalue weighted by Crippen LogP contribution is -2.67. The van der Waals surface area contributed by atoms with Gasteiger partial charge in [0.1, 0.15) is 24.1 Å². The molecule has 2 bridgehead atoms. The maximum atomic E-state index is 6.90. The van der Waals surface area contributed by atoms with Gasteiger partial charge in [-0.25, -0.2) is 0 Å².